The van der Waals surface area contributed by atoms with Gasteiger partial charge in [-0.05, 0) is 22.3 Å². The number of esters is 4. The van der Waals surface area contributed by atoms with Gasteiger partial charge in [0, 0.05) is 21.0 Å². The molecule has 0 spiro atoms. The van der Waals surface area contributed by atoms with E-state index in [1.54, 1.807) is 0 Å². The molecular formula is C42H46O9S4. The predicted octanol–water partition coefficient (Wildman–Crippen LogP) is 8.16. The summed E-state index contributed by atoms with van der Waals surface area (Å²) in [6, 6.07) is 37.2. The highest BCUT2D eigenvalue weighted by Gasteiger charge is 2.25. The van der Waals surface area contributed by atoms with Crippen molar-refractivity contribution in [2.45, 2.75) is 58.9 Å². The number of carbonyl (C=O) groups is 4. The summed E-state index contributed by atoms with van der Waals surface area (Å²) in [4.78, 5) is 51.7. The Morgan fingerprint density at radius 3 is 0.909 bits per heavy atom. The Labute approximate surface area is 344 Å². The van der Waals surface area contributed by atoms with Gasteiger partial charge >= 0.3 is 23.9 Å². The van der Waals surface area contributed by atoms with Crippen molar-refractivity contribution in [3.63, 3.8) is 0 Å². The monoisotopic (exact) mass is 822 g/mol. The molecule has 0 heterocycles. The fraction of sp³-hybridized carbons (Fsp3) is 0.333. The molecule has 0 aromatic heterocycles. The van der Waals surface area contributed by atoms with Gasteiger partial charge in [-0.1, -0.05) is 121 Å². The third-order valence-corrected chi connectivity index (χ3v) is 10.2. The molecule has 0 saturated heterocycles. The second kappa shape index (κ2) is 23.9. The molecule has 13 heteroatoms. The number of thiol groups is 4. The summed E-state index contributed by atoms with van der Waals surface area (Å²) in [5.74, 6) is -2.25. The highest BCUT2D eigenvalue weighted by atomic mass is 32.1. The quantitative estimate of drug-likeness (QED) is 0.0355. The molecule has 0 saturated carbocycles. The summed E-state index contributed by atoms with van der Waals surface area (Å²) in [6.45, 7) is -1.05. The molecule has 0 bridgehead atoms. The summed E-state index contributed by atoms with van der Waals surface area (Å²) >= 11 is 18.2. The van der Waals surface area contributed by atoms with Crippen molar-refractivity contribution in [3.8, 4) is 0 Å². The summed E-state index contributed by atoms with van der Waals surface area (Å²) in [5.41, 5.74) is 3.39. The van der Waals surface area contributed by atoms with Crippen molar-refractivity contribution in [2.24, 2.45) is 0 Å². The van der Waals surface area contributed by atoms with Crippen LogP contribution in [0.4, 0.5) is 0 Å². The normalized spacial score (nSPS) is 14.3. The van der Waals surface area contributed by atoms with Gasteiger partial charge < -0.3 is 23.7 Å². The van der Waals surface area contributed by atoms with Crippen molar-refractivity contribution >= 4 is 74.4 Å². The van der Waals surface area contributed by atoms with Crippen LogP contribution in [0, 0.1) is 0 Å². The number of carbonyl (C=O) groups excluding carboxylic acids is 4. The lowest BCUT2D eigenvalue weighted by Crippen LogP contribution is -2.34. The Balaban J connectivity index is 1.38. The molecule has 292 valence electrons. The van der Waals surface area contributed by atoms with Crippen molar-refractivity contribution in [1.29, 1.82) is 0 Å². The van der Waals surface area contributed by atoms with E-state index >= 15 is 0 Å². The van der Waals surface area contributed by atoms with Gasteiger partial charge in [-0.2, -0.15) is 50.5 Å². The van der Waals surface area contributed by atoms with Crippen molar-refractivity contribution in [3.05, 3.63) is 144 Å². The van der Waals surface area contributed by atoms with Crippen LogP contribution in [-0.2, 0) is 42.9 Å². The van der Waals surface area contributed by atoms with Crippen LogP contribution in [0.1, 0.15) is 68.9 Å². The van der Waals surface area contributed by atoms with Crippen molar-refractivity contribution in [1.82, 2.24) is 0 Å². The van der Waals surface area contributed by atoms with Crippen LogP contribution in [0.15, 0.2) is 121 Å². The van der Waals surface area contributed by atoms with Gasteiger partial charge in [0.2, 0.25) is 0 Å². The van der Waals surface area contributed by atoms with Crippen molar-refractivity contribution in [2.75, 3.05) is 26.4 Å². The SMILES string of the molecule is O=C(CC(S)c1ccccc1)OCC(COCC(COC(=O)CC(S)c1ccccc1)OC(=O)CC(S)c1ccccc1)OC(=O)CC(S)c1ccccc1. The number of hydrogen-bond donors (Lipinski definition) is 4. The van der Waals surface area contributed by atoms with E-state index in [0.717, 1.165) is 22.3 Å². The smallest absolute Gasteiger partial charge is 0.307 e. The maximum Gasteiger partial charge on any atom is 0.307 e. The van der Waals surface area contributed by atoms with Gasteiger partial charge in [-0.3, -0.25) is 19.2 Å². The van der Waals surface area contributed by atoms with E-state index in [1.807, 2.05) is 121 Å². The molecule has 4 rings (SSSR count). The fourth-order valence-electron chi connectivity index (χ4n) is 5.32. The molecule has 6 unspecified atom stereocenters. The largest absolute Gasteiger partial charge is 0.462 e. The molecule has 0 N–H and O–H groups in total. The first-order valence-electron chi connectivity index (χ1n) is 17.8. The van der Waals surface area contributed by atoms with E-state index in [4.69, 9.17) is 23.7 Å². The van der Waals surface area contributed by atoms with E-state index in [-0.39, 0.29) is 52.1 Å². The molecule has 6 atom stereocenters. The molecule has 0 aliphatic rings. The standard InChI is InChI=1S/C42H46O9S4/c43-39(21-35(52)29-13-5-1-6-14-29)48-27-33(50-41(45)23-37(54)31-17-9-3-10-18-31)25-47-26-34(51-42(46)24-38(55)32-19-11-4-12-20-32)28-49-40(44)22-36(53)30-15-7-2-8-16-30/h1-20,33-38,52-55H,21-28H2. The minimum absolute atomic E-state index is 0.0166. The molecule has 0 radical (unpaired) electrons. The van der Waals surface area contributed by atoms with Crippen LogP contribution >= 0.6 is 50.5 Å². The first kappa shape index (κ1) is 43.8. The second-order valence-corrected chi connectivity index (χ2v) is 15.1. The Bertz CT molecular complexity index is 1620. The molecule has 4 aromatic rings. The number of ether oxygens (including phenoxy) is 5. The molecule has 4 aromatic carbocycles. The summed E-state index contributed by atoms with van der Waals surface area (Å²) in [7, 11) is 0. The van der Waals surface area contributed by atoms with Crippen LogP contribution in [0.3, 0.4) is 0 Å². The Morgan fingerprint density at radius 2 is 0.636 bits per heavy atom. The molecular weight excluding hydrogens is 777 g/mol. The molecule has 0 aliphatic heterocycles. The third-order valence-electron chi connectivity index (χ3n) is 8.24. The Morgan fingerprint density at radius 1 is 0.382 bits per heavy atom. The van der Waals surface area contributed by atoms with Gasteiger partial charge in [0.15, 0.2) is 12.2 Å². The first-order valence-corrected chi connectivity index (χ1v) is 19.8. The number of hydrogen-bond acceptors (Lipinski definition) is 13. The second-order valence-electron chi connectivity index (χ2n) is 12.6. The topological polar surface area (TPSA) is 114 Å². The highest BCUT2D eigenvalue weighted by molar-refractivity contribution is 7.81. The highest BCUT2D eigenvalue weighted by Crippen LogP contribution is 2.27. The molecule has 0 fully saturated rings. The zero-order valence-electron chi connectivity index (χ0n) is 30.1. The van der Waals surface area contributed by atoms with Crippen LogP contribution in [0.5, 0.6) is 0 Å². The third kappa shape index (κ3) is 16.4. The Kier molecular flexibility index (Phi) is 19.1. The van der Waals surface area contributed by atoms with E-state index in [9.17, 15) is 19.2 Å². The molecule has 0 amide bonds. The van der Waals surface area contributed by atoms with Gasteiger partial charge in [-0.15, -0.1) is 0 Å². The predicted molar refractivity (Wildman–Crippen MR) is 224 cm³/mol. The molecule has 0 aliphatic carbocycles. The van der Waals surface area contributed by atoms with Gasteiger partial charge in [0.25, 0.3) is 0 Å². The van der Waals surface area contributed by atoms with Gasteiger partial charge in [0.1, 0.15) is 13.2 Å². The van der Waals surface area contributed by atoms with E-state index in [2.05, 4.69) is 50.5 Å². The van der Waals surface area contributed by atoms with Crippen LogP contribution < -0.4 is 0 Å². The minimum atomic E-state index is -1.02. The zero-order chi connectivity index (χ0) is 39.4. The minimum Gasteiger partial charge on any atom is -0.462 e. The molecule has 9 nitrogen and oxygen atoms in total. The maximum absolute atomic E-state index is 13.1. The number of rotatable bonds is 22. The fourth-order valence-corrected chi connectivity index (χ4v) is 6.61. The average Bonchev–Trinajstić information content (AvgIpc) is 3.20. The Hall–Kier alpha value is -3.88. The lowest BCUT2D eigenvalue weighted by Gasteiger charge is -2.23. The van der Waals surface area contributed by atoms with Gasteiger partial charge in [-0.25, -0.2) is 0 Å². The number of benzene rings is 4. The van der Waals surface area contributed by atoms with Gasteiger partial charge in [0.05, 0.1) is 38.9 Å². The van der Waals surface area contributed by atoms with Crippen LogP contribution in [0.2, 0.25) is 0 Å². The maximum atomic E-state index is 13.1. The lowest BCUT2D eigenvalue weighted by atomic mass is 10.1. The first-order chi connectivity index (χ1) is 26.6. The van der Waals surface area contributed by atoms with E-state index in [1.165, 1.54) is 0 Å². The summed E-state index contributed by atoms with van der Waals surface area (Å²) < 4.78 is 28.3. The van der Waals surface area contributed by atoms with Crippen LogP contribution in [-0.4, -0.2) is 62.5 Å². The van der Waals surface area contributed by atoms with Crippen molar-refractivity contribution < 1.29 is 42.9 Å². The van der Waals surface area contributed by atoms with Crippen LogP contribution in [0.25, 0.3) is 0 Å². The lowest BCUT2D eigenvalue weighted by molar-refractivity contribution is -0.168. The summed E-state index contributed by atoms with van der Waals surface area (Å²) in [5, 5.41) is -1.66. The summed E-state index contributed by atoms with van der Waals surface area (Å²) in [6.07, 6.45) is -2.17. The average molecular weight is 823 g/mol. The molecule has 55 heavy (non-hydrogen) atoms. The van der Waals surface area contributed by atoms with E-state index in [0.29, 0.717) is 0 Å². The zero-order valence-corrected chi connectivity index (χ0v) is 33.7. The van der Waals surface area contributed by atoms with E-state index < -0.39 is 57.1 Å².